The van der Waals surface area contributed by atoms with Crippen LogP contribution in [0.25, 0.3) is 0 Å². The van der Waals surface area contributed by atoms with Crippen molar-refractivity contribution in [2.45, 2.75) is 13.8 Å². The van der Waals surface area contributed by atoms with Crippen LogP contribution in [0, 0.1) is 13.8 Å². The summed E-state index contributed by atoms with van der Waals surface area (Å²) in [5.74, 6) is -0.158. The smallest absolute Gasteiger partial charge is 0.256 e. The van der Waals surface area contributed by atoms with Crippen molar-refractivity contribution in [1.29, 1.82) is 0 Å². The third-order valence-corrected chi connectivity index (χ3v) is 3.42. The van der Waals surface area contributed by atoms with Gasteiger partial charge in [-0.25, -0.2) is 0 Å². The fourth-order valence-corrected chi connectivity index (χ4v) is 2.25. The van der Waals surface area contributed by atoms with E-state index < -0.39 is 0 Å². The van der Waals surface area contributed by atoms with Gasteiger partial charge in [0, 0.05) is 21.4 Å². The molecule has 0 radical (unpaired) electrons. The number of amides is 1. The van der Waals surface area contributed by atoms with Gasteiger partial charge in [-0.3, -0.25) is 4.79 Å². The highest BCUT2D eigenvalue weighted by Gasteiger charge is 2.12. The standard InChI is InChI=1S/C15H15BrN2O/c1-9-3-5-12(6-4-9)18-15(19)13-7-11(16)8-14(17)10(13)2/h3-8H,17H2,1-2H3,(H,18,19). The Morgan fingerprint density at radius 2 is 1.79 bits per heavy atom. The van der Waals surface area contributed by atoms with Gasteiger partial charge in [-0.15, -0.1) is 0 Å². The van der Waals surface area contributed by atoms with E-state index in [9.17, 15) is 4.79 Å². The largest absolute Gasteiger partial charge is 0.398 e. The fourth-order valence-electron chi connectivity index (χ4n) is 1.77. The third-order valence-electron chi connectivity index (χ3n) is 2.97. The van der Waals surface area contributed by atoms with Gasteiger partial charge in [-0.05, 0) is 43.7 Å². The summed E-state index contributed by atoms with van der Waals surface area (Å²) < 4.78 is 0.796. The minimum absolute atomic E-state index is 0.158. The molecular formula is C15H15BrN2O. The predicted molar refractivity (Wildman–Crippen MR) is 82.4 cm³/mol. The molecule has 0 bridgehead atoms. The molecule has 0 aliphatic carbocycles. The van der Waals surface area contributed by atoms with Crippen LogP contribution in [-0.4, -0.2) is 5.91 Å². The number of rotatable bonds is 2. The molecule has 0 aliphatic heterocycles. The molecule has 3 N–H and O–H groups in total. The summed E-state index contributed by atoms with van der Waals surface area (Å²) in [5, 5.41) is 2.87. The topological polar surface area (TPSA) is 55.1 Å². The normalized spacial score (nSPS) is 10.3. The van der Waals surface area contributed by atoms with Crippen molar-refractivity contribution >= 4 is 33.2 Å². The number of hydrogen-bond acceptors (Lipinski definition) is 2. The zero-order chi connectivity index (χ0) is 14.0. The minimum Gasteiger partial charge on any atom is -0.398 e. The first-order chi connectivity index (χ1) is 8.97. The zero-order valence-electron chi connectivity index (χ0n) is 10.8. The van der Waals surface area contributed by atoms with Crippen molar-refractivity contribution in [2.75, 3.05) is 11.1 Å². The fraction of sp³-hybridized carbons (Fsp3) is 0.133. The summed E-state index contributed by atoms with van der Waals surface area (Å²) in [5.41, 5.74) is 9.75. The first-order valence-corrected chi connectivity index (χ1v) is 6.70. The molecule has 0 spiro atoms. The Morgan fingerprint density at radius 3 is 2.42 bits per heavy atom. The second kappa shape index (κ2) is 5.45. The molecule has 0 unspecified atom stereocenters. The third kappa shape index (κ3) is 3.15. The monoisotopic (exact) mass is 318 g/mol. The van der Waals surface area contributed by atoms with E-state index in [0.717, 1.165) is 21.3 Å². The van der Waals surface area contributed by atoms with Crippen LogP contribution in [0.2, 0.25) is 0 Å². The number of nitrogen functional groups attached to an aromatic ring is 1. The molecule has 0 fully saturated rings. The SMILES string of the molecule is Cc1ccc(NC(=O)c2cc(Br)cc(N)c2C)cc1. The summed E-state index contributed by atoms with van der Waals surface area (Å²) in [6.45, 7) is 3.84. The second-order valence-corrected chi connectivity index (χ2v) is 5.40. The number of nitrogens with one attached hydrogen (secondary N) is 1. The first kappa shape index (κ1) is 13.6. The molecule has 1 amide bonds. The number of carbonyl (C=O) groups excluding carboxylic acids is 1. The molecule has 0 aliphatic rings. The maximum atomic E-state index is 12.2. The Bertz CT molecular complexity index is 621. The lowest BCUT2D eigenvalue weighted by atomic mass is 10.1. The number of hydrogen-bond donors (Lipinski definition) is 2. The Labute approximate surface area is 121 Å². The van der Waals surface area contributed by atoms with Gasteiger partial charge in [0.1, 0.15) is 0 Å². The van der Waals surface area contributed by atoms with Gasteiger partial charge >= 0.3 is 0 Å². The highest BCUT2D eigenvalue weighted by Crippen LogP contribution is 2.23. The van der Waals surface area contributed by atoms with Crippen LogP contribution in [0.4, 0.5) is 11.4 Å². The lowest BCUT2D eigenvalue weighted by molar-refractivity contribution is 0.102. The number of carbonyl (C=O) groups is 1. The van der Waals surface area contributed by atoms with Gasteiger partial charge in [-0.1, -0.05) is 33.6 Å². The van der Waals surface area contributed by atoms with Crippen LogP contribution in [-0.2, 0) is 0 Å². The summed E-state index contributed by atoms with van der Waals surface area (Å²) in [6, 6.07) is 11.2. The van der Waals surface area contributed by atoms with Gasteiger partial charge in [-0.2, -0.15) is 0 Å². The number of benzene rings is 2. The van der Waals surface area contributed by atoms with E-state index in [0.29, 0.717) is 11.3 Å². The van der Waals surface area contributed by atoms with Crippen LogP contribution < -0.4 is 11.1 Å². The van der Waals surface area contributed by atoms with Crippen molar-refractivity contribution in [3.8, 4) is 0 Å². The average Bonchev–Trinajstić information content (AvgIpc) is 2.36. The minimum atomic E-state index is -0.158. The molecule has 0 atom stereocenters. The molecule has 4 heteroatoms. The summed E-state index contributed by atoms with van der Waals surface area (Å²) >= 11 is 3.35. The molecule has 98 valence electrons. The summed E-state index contributed by atoms with van der Waals surface area (Å²) in [6.07, 6.45) is 0. The molecule has 0 aromatic heterocycles. The van der Waals surface area contributed by atoms with E-state index in [-0.39, 0.29) is 5.91 Å². The lowest BCUT2D eigenvalue weighted by Gasteiger charge is -2.10. The second-order valence-electron chi connectivity index (χ2n) is 4.49. The summed E-state index contributed by atoms with van der Waals surface area (Å²) in [7, 11) is 0. The first-order valence-electron chi connectivity index (χ1n) is 5.91. The summed E-state index contributed by atoms with van der Waals surface area (Å²) in [4.78, 5) is 12.2. The molecule has 0 saturated carbocycles. The van der Waals surface area contributed by atoms with Crippen molar-refractivity contribution in [1.82, 2.24) is 0 Å². The molecule has 19 heavy (non-hydrogen) atoms. The maximum absolute atomic E-state index is 12.2. The Morgan fingerprint density at radius 1 is 1.16 bits per heavy atom. The van der Waals surface area contributed by atoms with Crippen molar-refractivity contribution in [3.63, 3.8) is 0 Å². The van der Waals surface area contributed by atoms with Gasteiger partial charge in [0.05, 0.1) is 0 Å². The van der Waals surface area contributed by atoms with Crippen molar-refractivity contribution in [3.05, 3.63) is 57.6 Å². The Hall–Kier alpha value is -1.81. The molecule has 0 heterocycles. The van der Waals surface area contributed by atoms with Crippen LogP contribution >= 0.6 is 15.9 Å². The number of nitrogens with two attached hydrogens (primary N) is 1. The highest BCUT2D eigenvalue weighted by molar-refractivity contribution is 9.10. The van der Waals surface area contributed by atoms with Crippen molar-refractivity contribution in [2.24, 2.45) is 0 Å². The van der Waals surface area contributed by atoms with E-state index in [4.69, 9.17) is 5.73 Å². The predicted octanol–water partition coefficient (Wildman–Crippen LogP) is 3.90. The number of anilines is 2. The number of aryl methyl sites for hydroxylation is 1. The van der Waals surface area contributed by atoms with Gasteiger partial charge in [0.25, 0.3) is 5.91 Å². The van der Waals surface area contributed by atoms with Crippen LogP contribution in [0.1, 0.15) is 21.5 Å². The molecular weight excluding hydrogens is 304 g/mol. The van der Waals surface area contributed by atoms with Gasteiger partial charge in [0.15, 0.2) is 0 Å². The van der Waals surface area contributed by atoms with E-state index in [1.807, 2.05) is 38.1 Å². The van der Waals surface area contributed by atoms with Crippen LogP contribution in [0.15, 0.2) is 40.9 Å². The molecule has 0 saturated heterocycles. The number of halogens is 1. The van der Waals surface area contributed by atoms with Crippen LogP contribution in [0.3, 0.4) is 0 Å². The quantitative estimate of drug-likeness (QED) is 0.825. The molecule has 2 aromatic rings. The molecule has 2 aromatic carbocycles. The molecule has 2 rings (SSSR count). The lowest BCUT2D eigenvalue weighted by Crippen LogP contribution is -2.14. The zero-order valence-corrected chi connectivity index (χ0v) is 12.4. The molecule has 3 nitrogen and oxygen atoms in total. The van der Waals surface area contributed by atoms with E-state index in [1.165, 1.54) is 0 Å². The average molecular weight is 319 g/mol. The van der Waals surface area contributed by atoms with Gasteiger partial charge < -0.3 is 11.1 Å². The van der Waals surface area contributed by atoms with Crippen LogP contribution in [0.5, 0.6) is 0 Å². The van der Waals surface area contributed by atoms with Crippen molar-refractivity contribution < 1.29 is 4.79 Å². The Balaban J connectivity index is 2.27. The Kier molecular flexibility index (Phi) is 3.90. The van der Waals surface area contributed by atoms with Gasteiger partial charge in [0.2, 0.25) is 0 Å². The van der Waals surface area contributed by atoms with E-state index >= 15 is 0 Å². The van der Waals surface area contributed by atoms with E-state index in [2.05, 4.69) is 21.2 Å². The highest BCUT2D eigenvalue weighted by atomic mass is 79.9. The maximum Gasteiger partial charge on any atom is 0.256 e. The van der Waals surface area contributed by atoms with E-state index in [1.54, 1.807) is 12.1 Å².